The van der Waals surface area contributed by atoms with E-state index in [0.29, 0.717) is 0 Å². The second-order valence-corrected chi connectivity index (χ2v) is 14.2. The normalized spacial score (nSPS) is 52.3. The molecule has 328 valence electrons. The summed E-state index contributed by atoms with van der Waals surface area (Å²) in [5.41, 5.74) is 0. The Balaban J connectivity index is 1.38. The van der Waals surface area contributed by atoms with Crippen LogP contribution in [0.15, 0.2) is 0 Å². The quantitative estimate of drug-likeness (QED) is 0.0647. The first-order valence-electron chi connectivity index (χ1n) is 17.5. The lowest BCUT2D eigenvalue weighted by Crippen LogP contribution is -2.64. The van der Waals surface area contributed by atoms with E-state index >= 15 is 0 Å². The number of hydrogen-bond donors (Lipinski definition) is 17. The average molecular weight is 829 g/mol. The Morgan fingerprint density at radius 2 is 0.732 bits per heavy atom. The summed E-state index contributed by atoms with van der Waals surface area (Å²) in [6.45, 7) is -9.08. The fourth-order valence-corrected chi connectivity index (χ4v) is 7.16. The molecule has 17 N–H and O–H groups in total. The van der Waals surface area contributed by atoms with Gasteiger partial charge in [-0.15, -0.1) is 0 Å². The van der Waals surface area contributed by atoms with Crippen molar-refractivity contribution < 1.29 is 129 Å². The summed E-state index contributed by atoms with van der Waals surface area (Å²) in [5.74, 6) is -10.3. The molecule has 56 heavy (non-hydrogen) atoms. The molecule has 5 saturated heterocycles. The molecule has 0 aliphatic carbocycles. The Morgan fingerprint density at radius 3 is 1.12 bits per heavy atom. The van der Waals surface area contributed by atoms with E-state index in [0.717, 1.165) is 0 Å². The molecule has 0 aromatic rings. The van der Waals surface area contributed by atoms with Gasteiger partial charge in [0.2, 0.25) is 23.1 Å². The van der Waals surface area contributed by atoms with Gasteiger partial charge in [-0.1, -0.05) is 0 Å². The Labute approximate surface area is 316 Å². The van der Waals surface area contributed by atoms with Gasteiger partial charge in [0.1, 0.15) is 124 Å². The molecule has 0 saturated carbocycles. The summed E-state index contributed by atoms with van der Waals surface area (Å²) >= 11 is 0. The molecule has 21 atom stereocenters. The van der Waals surface area contributed by atoms with Gasteiger partial charge in [-0.25, -0.2) is 0 Å². The molecule has 0 spiro atoms. The van der Waals surface area contributed by atoms with Gasteiger partial charge in [0.25, 0.3) is 0 Å². The molecule has 5 rings (SSSR count). The van der Waals surface area contributed by atoms with E-state index in [2.05, 4.69) is 0 Å². The number of rotatable bonds is 17. The fraction of sp³-hybridized carbons (Fsp3) is 1.00. The molecule has 5 heterocycles. The van der Waals surface area contributed by atoms with Crippen LogP contribution in [0.2, 0.25) is 0 Å². The summed E-state index contributed by atoms with van der Waals surface area (Å²) in [6, 6.07) is 0. The Morgan fingerprint density at radius 1 is 0.375 bits per heavy atom. The van der Waals surface area contributed by atoms with Crippen LogP contribution in [0.4, 0.5) is 0 Å². The van der Waals surface area contributed by atoms with E-state index in [1.165, 1.54) is 0 Å². The predicted molar refractivity (Wildman–Crippen MR) is 167 cm³/mol. The van der Waals surface area contributed by atoms with Crippen LogP contribution in [0.1, 0.15) is 0 Å². The maximum absolute atomic E-state index is 11.1. The molecule has 5 aliphatic rings. The summed E-state index contributed by atoms with van der Waals surface area (Å²) in [6.07, 6.45) is -32.4. The topological polar surface area (TPSA) is 427 Å². The van der Waals surface area contributed by atoms with E-state index < -0.39 is 187 Å². The molecule has 0 aromatic heterocycles. The molecule has 5 aliphatic heterocycles. The van der Waals surface area contributed by atoms with Crippen molar-refractivity contribution in [1.29, 1.82) is 0 Å². The van der Waals surface area contributed by atoms with Crippen LogP contribution in [-0.4, -0.2) is 273 Å². The summed E-state index contributed by atoms with van der Waals surface area (Å²) in [7, 11) is 0. The summed E-state index contributed by atoms with van der Waals surface area (Å²) in [5, 5.41) is 176. The highest BCUT2D eigenvalue weighted by molar-refractivity contribution is 5.03. The first-order chi connectivity index (χ1) is 26.4. The van der Waals surface area contributed by atoms with E-state index in [1.54, 1.807) is 0 Å². The van der Waals surface area contributed by atoms with E-state index in [9.17, 15) is 86.8 Å². The lowest BCUT2D eigenvalue weighted by molar-refractivity contribution is -0.404. The molecule has 0 radical (unpaired) electrons. The standard InChI is InChI=1S/C30H52O26/c31-1-10-16(38)22(44)27(6-35,52-10)49-8-29(24(46)18(40)12(3-33)54-29)48-5-14-15(37)20(42)21(43)26(51-14)56-30(25(47)19(41)13(4-34)55-30)9-50-28(7-36)23(45)17(39)11(2-32)53-28/h10-26,31-47H,1-9H2. The van der Waals surface area contributed by atoms with Crippen molar-refractivity contribution in [2.45, 2.75) is 127 Å². The zero-order chi connectivity index (χ0) is 41.5. The lowest BCUT2D eigenvalue weighted by Gasteiger charge is -2.45. The SMILES string of the molecule is OCC1OC(CO)(OCC2(OCC3OC(OC4(COC5(CO)OC(CO)C(O)C5O)OC(CO)C(O)C4O)C(O)C(O)C3O)OC(CO)C(O)C2O)C(O)C1O. The van der Waals surface area contributed by atoms with Crippen molar-refractivity contribution in [2.75, 3.05) is 59.5 Å². The molecule has 26 heteroatoms. The van der Waals surface area contributed by atoms with Gasteiger partial charge in [0.15, 0.2) is 6.29 Å². The fourth-order valence-electron chi connectivity index (χ4n) is 7.16. The first kappa shape index (κ1) is 46.0. The lowest BCUT2D eigenvalue weighted by atomic mass is 9.98. The van der Waals surface area contributed by atoms with Gasteiger partial charge >= 0.3 is 0 Å². The zero-order valence-corrected chi connectivity index (χ0v) is 29.5. The van der Waals surface area contributed by atoms with Crippen LogP contribution in [0, 0.1) is 0 Å². The van der Waals surface area contributed by atoms with E-state index in [4.69, 9.17) is 42.6 Å². The van der Waals surface area contributed by atoms with Crippen molar-refractivity contribution in [3.63, 3.8) is 0 Å². The summed E-state index contributed by atoms with van der Waals surface area (Å²) in [4.78, 5) is 0. The molecule has 26 nitrogen and oxygen atoms in total. The molecular formula is C30H52O26. The smallest absolute Gasteiger partial charge is 0.224 e. The zero-order valence-electron chi connectivity index (χ0n) is 29.5. The van der Waals surface area contributed by atoms with Crippen molar-refractivity contribution in [2.24, 2.45) is 0 Å². The van der Waals surface area contributed by atoms with Gasteiger partial charge < -0.3 is 129 Å². The van der Waals surface area contributed by atoms with Crippen LogP contribution in [-0.2, 0) is 42.6 Å². The third-order valence-corrected chi connectivity index (χ3v) is 10.7. The van der Waals surface area contributed by atoms with Crippen LogP contribution >= 0.6 is 0 Å². The number of ether oxygens (including phenoxy) is 9. The average Bonchev–Trinajstić information content (AvgIpc) is 3.80. The molecule has 0 aromatic carbocycles. The molecule has 0 bridgehead atoms. The maximum atomic E-state index is 11.1. The monoisotopic (exact) mass is 828 g/mol. The third-order valence-electron chi connectivity index (χ3n) is 10.7. The number of aliphatic hydroxyl groups is 17. The molecule has 5 fully saturated rings. The van der Waals surface area contributed by atoms with Crippen molar-refractivity contribution in [1.82, 2.24) is 0 Å². The first-order valence-corrected chi connectivity index (χ1v) is 17.5. The number of hydrogen-bond acceptors (Lipinski definition) is 26. The van der Waals surface area contributed by atoms with Crippen LogP contribution in [0.3, 0.4) is 0 Å². The highest BCUT2D eigenvalue weighted by Crippen LogP contribution is 2.42. The van der Waals surface area contributed by atoms with Crippen molar-refractivity contribution in [3.8, 4) is 0 Å². The van der Waals surface area contributed by atoms with E-state index in [-0.39, 0.29) is 0 Å². The minimum atomic E-state index is -2.74. The van der Waals surface area contributed by atoms with Crippen LogP contribution in [0.25, 0.3) is 0 Å². The minimum Gasteiger partial charge on any atom is -0.394 e. The van der Waals surface area contributed by atoms with Crippen LogP contribution < -0.4 is 0 Å². The van der Waals surface area contributed by atoms with Crippen molar-refractivity contribution >= 4 is 0 Å². The van der Waals surface area contributed by atoms with Gasteiger partial charge in [0.05, 0.1) is 33.0 Å². The molecule has 0 amide bonds. The largest absolute Gasteiger partial charge is 0.394 e. The van der Waals surface area contributed by atoms with Gasteiger partial charge in [-0.2, -0.15) is 0 Å². The van der Waals surface area contributed by atoms with Gasteiger partial charge in [-0.05, 0) is 0 Å². The minimum absolute atomic E-state index is 0.829. The predicted octanol–water partition coefficient (Wildman–Crippen LogP) is -11.9. The van der Waals surface area contributed by atoms with E-state index in [1.807, 2.05) is 0 Å². The summed E-state index contributed by atoms with van der Waals surface area (Å²) < 4.78 is 50.0. The van der Waals surface area contributed by atoms with Crippen molar-refractivity contribution in [3.05, 3.63) is 0 Å². The second-order valence-electron chi connectivity index (χ2n) is 14.2. The highest BCUT2D eigenvalue weighted by atomic mass is 16.8. The second kappa shape index (κ2) is 17.9. The van der Waals surface area contributed by atoms with Gasteiger partial charge in [0, 0.05) is 0 Å². The molecule has 21 unspecified atom stereocenters. The van der Waals surface area contributed by atoms with Crippen LogP contribution in [0.5, 0.6) is 0 Å². The Bertz CT molecular complexity index is 1270. The highest BCUT2D eigenvalue weighted by Gasteiger charge is 2.64. The maximum Gasteiger partial charge on any atom is 0.224 e. The third kappa shape index (κ3) is 7.97. The van der Waals surface area contributed by atoms with Gasteiger partial charge in [-0.3, -0.25) is 0 Å². The Kier molecular flexibility index (Phi) is 14.7. The Hall–Kier alpha value is -1.04. The molecular weight excluding hydrogens is 776 g/mol. The number of aliphatic hydroxyl groups excluding tert-OH is 17.